The second-order valence-corrected chi connectivity index (χ2v) is 5.37. The van der Waals surface area contributed by atoms with Crippen molar-refractivity contribution >= 4 is 5.69 Å². The van der Waals surface area contributed by atoms with Gasteiger partial charge in [-0.05, 0) is 30.2 Å². The zero-order valence-corrected chi connectivity index (χ0v) is 12.0. The Kier molecular flexibility index (Phi) is 3.90. The van der Waals surface area contributed by atoms with Crippen molar-refractivity contribution in [3.63, 3.8) is 0 Å². The number of nitrogens with two attached hydrogens (primary N) is 1. The minimum absolute atomic E-state index is 0.00368. The lowest BCUT2D eigenvalue weighted by Crippen LogP contribution is -2.19. The molecule has 1 aromatic heterocycles. The third-order valence-electron chi connectivity index (χ3n) is 3.37. The predicted octanol–water partition coefficient (Wildman–Crippen LogP) is 2.59. The standard InChI is InChI=1S/C15H22N4/c1-11(2)15(16)14-9-17-10-19(14)13-7-5-12(6-8-13)18(3)4/h5-11,15H,16H2,1-4H3. The number of imidazole rings is 1. The van der Waals surface area contributed by atoms with Gasteiger partial charge in [0.05, 0.1) is 18.2 Å². The van der Waals surface area contributed by atoms with Crippen LogP contribution in [0.25, 0.3) is 5.69 Å². The van der Waals surface area contributed by atoms with Crippen LogP contribution in [0.5, 0.6) is 0 Å². The van der Waals surface area contributed by atoms with Crippen LogP contribution in [0.15, 0.2) is 36.8 Å². The summed E-state index contributed by atoms with van der Waals surface area (Å²) >= 11 is 0. The third kappa shape index (κ3) is 2.79. The summed E-state index contributed by atoms with van der Waals surface area (Å²) in [5.41, 5.74) is 9.55. The molecule has 102 valence electrons. The SMILES string of the molecule is CC(C)C(N)c1cncn1-c1ccc(N(C)C)cc1. The molecule has 2 rings (SSSR count). The van der Waals surface area contributed by atoms with Crippen LogP contribution in [-0.2, 0) is 0 Å². The minimum Gasteiger partial charge on any atom is -0.378 e. The van der Waals surface area contributed by atoms with E-state index in [1.165, 1.54) is 5.69 Å². The highest BCUT2D eigenvalue weighted by atomic mass is 15.1. The van der Waals surface area contributed by atoms with Crippen LogP contribution in [-0.4, -0.2) is 23.6 Å². The van der Waals surface area contributed by atoms with Gasteiger partial charge in [0.1, 0.15) is 0 Å². The van der Waals surface area contributed by atoms with Gasteiger partial charge in [0.2, 0.25) is 0 Å². The molecule has 1 heterocycles. The van der Waals surface area contributed by atoms with E-state index in [2.05, 4.69) is 52.6 Å². The highest BCUT2D eigenvalue weighted by molar-refractivity contribution is 5.50. The van der Waals surface area contributed by atoms with E-state index in [0.717, 1.165) is 11.4 Å². The summed E-state index contributed by atoms with van der Waals surface area (Å²) in [6.45, 7) is 4.24. The summed E-state index contributed by atoms with van der Waals surface area (Å²) in [5.74, 6) is 0.386. The van der Waals surface area contributed by atoms with E-state index < -0.39 is 0 Å². The van der Waals surface area contributed by atoms with Crippen LogP contribution in [0, 0.1) is 5.92 Å². The van der Waals surface area contributed by atoms with Gasteiger partial charge in [-0.1, -0.05) is 13.8 Å². The normalized spacial score (nSPS) is 12.7. The lowest BCUT2D eigenvalue weighted by molar-refractivity contribution is 0.497. The van der Waals surface area contributed by atoms with Gasteiger partial charge in [0, 0.05) is 31.5 Å². The molecule has 0 spiro atoms. The molecule has 2 aromatic rings. The van der Waals surface area contributed by atoms with Gasteiger partial charge in [0.15, 0.2) is 0 Å². The van der Waals surface area contributed by atoms with Crippen molar-refractivity contribution < 1.29 is 0 Å². The van der Waals surface area contributed by atoms with Gasteiger partial charge in [-0.25, -0.2) is 4.98 Å². The lowest BCUT2D eigenvalue weighted by atomic mass is 10.0. The molecule has 2 N–H and O–H groups in total. The second-order valence-electron chi connectivity index (χ2n) is 5.37. The van der Waals surface area contributed by atoms with E-state index in [1.54, 1.807) is 0 Å². The first kappa shape index (κ1) is 13.6. The Morgan fingerprint density at radius 3 is 2.32 bits per heavy atom. The lowest BCUT2D eigenvalue weighted by Gasteiger charge is -2.18. The van der Waals surface area contributed by atoms with Crippen LogP contribution < -0.4 is 10.6 Å². The van der Waals surface area contributed by atoms with Gasteiger partial charge in [-0.3, -0.25) is 0 Å². The molecule has 0 saturated carbocycles. The fraction of sp³-hybridized carbons (Fsp3) is 0.400. The Bertz CT molecular complexity index is 525. The molecule has 0 saturated heterocycles. The highest BCUT2D eigenvalue weighted by Gasteiger charge is 2.15. The molecule has 0 aliphatic rings. The summed E-state index contributed by atoms with van der Waals surface area (Å²) in [4.78, 5) is 6.31. The summed E-state index contributed by atoms with van der Waals surface area (Å²) < 4.78 is 2.06. The van der Waals surface area contributed by atoms with Crippen LogP contribution in [0.1, 0.15) is 25.6 Å². The zero-order chi connectivity index (χ0) is 14.0. The molecular formula is C15H22N4. The minimum atomic E-state index is -0.00368. The highest BCUT2D eigenvalue weighted by Crippen LogP contribution is 2.23. The number of benzene rings is 1. The summed E-state index contributed by atoms with van der Waals surface area (Å²) in [5, 5.41) is 0. The molecule has 19 heavy (non-hydrogen) atoms. The smallest absolute Gasteiger partial charge is 0.0994 e. The van der Waals surface area contributed by atoms with Crippen molar-refractivity contribution in [2.45, 2.75) is 19.9 Å². The first-order valence-electron chi connectivity index (χ1n) is 6.56. The van der Waals surface area contributed by atoms with E-state index in [9.17, 15) is 0 Å². The molecule has 0 aliphatic heterocycles. The zero-order valence-electron chi connectivity index (χ0n) is 12.0. The Morgan fingerprint density at radius 2 is 1.79 bits per heavy atom. The van der Waals surface area contributed by atoms with E-state index in [1.807, 2.05) is 26.6 Å². The van der Waals surface area contributed by atoms with Gasteiger partial charge in [-0.15, -0.1) is 0 Å². The van der Waals surface area contributed by atoms with Crippen LogP contribution >= 0.6 is 0 Å². The van der Waals surface area contributed by atoms with E-state index in [0.29, 0.717) is 5.92 Å². The molecule has 0 amide bonds. The average molecular weight is 258 g/mol. The van der Waals surface area contributed by atoms with Gasteiger partial charge in [-0.2, -0.15) is 0 Å². The number of nitrogens with zero attached hydrogens (tertiary/aromatic N) is 3. The Labute approximate surface area is 114 Å². The first-order chi connectivity index (χ1) is 9.00. The third-order valence-corrected chi connectivity index (χ3v) is 3.37. The monoisotopic (exact) mass is 258 g/mol. The first-order valence-corrected chi connectivity index (χ1v) is 6.56. The van der Waals surface area contributed by atoms with Crippen molar-refractivity contribution in [1.29, 1.82) is 0 Å². The van der Waals surface area contributed by atoms with Crippen molar-refractivity contribution in [3.05, 3.63) is 42.5 Å². The molecule has 0 fully saturated rings. The van der Waals surface area contributed by atoms with Gasteiger partial charge >= 0.3 is 0 Å². The second kappa shape index (κ2) is 5.45. The molecule has 0 aliphatic carbocycles. The topological polar surface area (TPSA) is 47.1 Å². The Hall–Kier alpha value is -1.81. The van der Waals surface area contributed by atoms with Gasteiger partial charge in [0.25, 0.3) is 0 Å². The van der Waals surface area contributed by atoms with Gasteiger partial charge < -0.3 is 15.2 Å². The van der Waals surface area contributed by atoms with E-state index >= 15 is 0 Å². The molecule has 1 unspecified atom stereocenters. The van der Waals surface area contributed by atoms with E-state index in [-0.39, 0.29) is 6.04 Å². The molecule has 4 heteroatoms. The molecule has 0 radical (unpaired) electrons. The summed E-state index contributed by atoms with van der Waals surface area (Å²) in [7, 11) is 4.07. The Morgan fingerprint density at radius 1 is 1.16 bits per heavy atom. The quantitative estimate of drug-likeness (QED) is 0.917. The van der Waals surface area contributed by atoms with Crippen LogP contribution in [0.4, 0.5) is 5.69 Å². The predicted molar refractivity (Wildman–Crippen MR) is 79.7 cm³/mol. The van der Waals surface area contributed by atoms with Crippen molar-refractivity contribution in [3.8, 4) is 5.69 Å². The fourth-order valence-corrected chi connectivity index (χ4v) is 2.02. The summed E-state index contributed by atoms with van der Waals surface area (Å²) in [6.07, 6.45) is 3.67. The maximum atomic E-state index is 6.23. The number of anilines is 1. The average Bonchev–Trinajstić information content (AvgIpc) is 2.86. The number of hydrogen-bond acceptors (Lipinski definition) is 3. The van der Waals surface area contributed by atoms with Crippen molar-refractivity contribution in [2.24, 2.45) is 11.7 Å². The molecule has 1 aromatic carbocycles. The summed E-state index contributed by atoms with van der Waals surface area (Å²) in [6, 6.07) is 8.37. The van der Waals surface area contributed by atoms with Crippen LogP contribution in [0.3, 0.4) is 0 Å². The molecule has 1 atom stereocenters. The fourth-order valence-electron chi connectivity index (χ4n) is 2.02. The molecular weight excluding hydrogens is 236 g/mol. The van der Waals surface area contributed by atoms with Crippen LogP contribution in [0.2, 0.25) is 0 Å². The molecule has 0 bridgehead atoms. The number of hydrogen-bond donors (Lipinski definition) is 1. The number of rotatable bonds is 4. The maximum absolute atomic E-state index is 6.23. The van der Waals surface area contributed by atoms with Crippen molar-refractivity contribution in [1.82, 2.24) is 9.55 Å². The van der Waals surface area contributed by atoms with Crippen molar-refractivity contribution in [2.75, 3.05) is 19.0 Å². The Balaban J connectivity index is 2.35. The maximum Gasteiger partial charge on any atom is 0.0994 e. The molecule has 4 nitrogen and oxygen atoms in total. The van der Waals surface area contributed by atoms with E-state index in [4.69, 9.17) is 5.73 Å². The largest absolute Gasteiger partial charge is 0.378 e. The number of aromatic nitrogens is 2.